The third-order valence-corrected chi connectivity index (χ3v) is 4.61. The highest BCUT2D eigenvalue weighted by Crippen LogP contribution is 2.25. The molecule has 0 atom stereocenters. The Morgan fingerprint density at radius 3 is 2.43 bits per heavy atom. The molecule has 3 aromatic carbocycles. The summed E-state index contributed by atoms with van der Waals surface area (Å²) in [6, 6.07) is 20.7. The fourth-order valence-corrected chi connectivity index (χ4v) is 3.05. The number of ketones is 1. The Morgan fingerprint density at radius 1 is 0.893 bits per heavy atom. The molecule has 0 bridgehead atoms. The molecular weight excluding hydrogens is 350 g/mol. The van der Waals surface area contributed by atoms with Gasteiger partial charge in [-0.15, -0.1) is 0 Å². The van der Waals surface area contributed by atoms with Gasteiger partial charge in [0, 0.05) is 23.1 Å². The second kappa shape index (κ2) is 9.70. The van der Waals surface area contributed by atoms with E-state index >= 15 is 0 Å². The molecule has 0 aromatic heterocycles. The summed E-state index contributed by atoms with van der Waals surface area (Å²) in [7, 11) is 0. The highest BCUT2D eigenvalue weighted by molar-refractivity contribution is 5.98. The summed E-state index contributed by atoms with van der Waals surface area (Å²) in [5.41, 5.74) is 1.26. The summed E-state index contributed by atoms with van der Waals surface area (Å²) in [6.45, 7) is 2.08. The van der Waals surface area contributed by atoms with Crippen LogP contribution < -0.4 is 10.1 Å². The lowest BCUT2D eigenvalue weighted by Gasteiger charge is -2.09. The van der Waals surface area contributed by atoms with Gasteiger partial charge in [-0.25, -0.2) is 0 Å². The second-order valence-corrected chi connectivity index (χ2v) is 6.77. The van der Waals surface area contributed by atoms with Crippen molar-refractivity contribution in [1.82, 2.24) is 0 Å². The van der Waals surface area contributed by atoms with Crippen LogP contribution >= 0.6 is 0 Å². The topological polar surface area (TPSA) is 55.4 Å². The van der Waals surface area contributed by atoms with Gasteiger partial charge in [0.25, 0.3) is 0 Å². The number of benzene rings is 3. The van der Waals surface area contributed by atoms with Crippen molar-refractivity contribution in [2.24, 2.45) is 0 Å². The van der Waals surface area contributed by atoms with Crippen LogP contribution in [0.2, 0.25) is 0 Å². The van der Waals surface area contributed by atoms with Gasteiger partial charge in [-0.05, 0) is 42.1 Å². The second-order valence-electron chi connectivity index (χ2n) is 6.77. The normalized spacial score (nSPS) is 10.6. The first-order valence-electron chi connectivity index (χ1n) is 9.71. The number of rotatable bonds is 9. The highest BCUT2D eigenvalue weighted by Gasteiger charge is 2.09. The van der Waals surface area contributed by atoms with E-state index in [1.807, 2.05) is 42.5 Å². The van der Waals surface area contributed by atoms with Gasteiger partial charge in [0.2, 0.25) is 5.91 Å². The predicted molar refractivity (Wildman–Crippen MR) is 113 cm³/mol. The highest BCUT2D eigenvalue weighted by atomic mass is 16.5. The number of carbonyl (C=O) groups excluding carboxylic acids is 2. The Balaban J connectivity index is 1.56. The Labute approximate surface area is 165 Å². The molecule has 0 fully saturated rings. The maximum Gasteiger partial charge on any atom is 0.224 e. The number of Topliss-reactive ketones (excluding diaryl/α,β-unsaturated/α-hetero) is 1. The van der Waals surface area contributed by atoms with Gasteiger partial charge in [0.15, 0.2) is 12.4 Å². The molecule has 0 unspecified atom stereocenters. The van der Waals surface area contributed by atoms with Gasteiger partial charge in [-0.3, -0.25) is 9.59 Å². The number of nitrogens with one attached hydrogen (secondary N) is 1. The van der Waals surface area contributed by atoms with Crippen LogP contribution in [0.1, 0.15) is 43.0 Å². The molecule has 0 heterocycles. The van der Waals surface area contributed by atoms with Gasteiger partial charge in [0.05, 0.1) is 0 Å². The van der Waals surface area contributed by atoms with Gasteiger partial charge in [0.1, 0.15) is 5.75 Å². The van der Waals surface area contributed by atoms with E-state index in [1.54, 1.807) is 24.3 Å². The van der Waals surface area contributed by atoms with E-state index in [4.69, 9.17) is 4.74 Å². The van der Waals surface area contributed by atoms with Crippen molar-refractivity contribution in [3.8, 4) is 5.75 Å². The lowest BCUT2D eigenvalue weighted by molar-refractivity contribution is -0.116. The van der Waals surface area contributed by atoms with E-state index in [2.05, 4.69) is 12.2 Å². The van der Waals surface area contributed by atoms with E-state index in [0.29, 0.717) is 23.4 Å². The van der Waals surface area contributed by atoms with Crippen molar-refractivity contribution in [1.29, 1.82) is 0 Å². The van der Waals surface area contributed by atoms with Crippen LogP contribution in [-0.4, -0.2) is 18.3 Å². The number of hydrogen-bond acceptors (Lipinski definition) is 3. The Hall–Kier alpha value is -3.14. The minimum Gasteiger partial charge on any atom is -0.485 e. The first-order chi connectivity index (χ1) is 13.7. The van der Waals surface area contributed by atoms with Crippen LogP contribution in [0.25, 0.3) is 10.8 Å². The summed E-state index contributed by atoms with van der Waals surface area (Å²) in [4.78, 5) is 24.3. The molecule has 0 saturated heterocycles. The average Bonchev–Trinajstić information content (AvgIpc) is 2.72. The first kappa shape index (κ1) is 19.6. The summed E-state index contributed by atoms with van der Waals surface area (Å²) >= 11 is 0. The molecule has 144 valence electrons. The number of fused-ring (bicyclic) bond motifs is 1. The first-order valence-corrected chi connectivity index (χ1v) is 9.71. The van der Waals surface area contributed by atoms with Crippen molar-refractivity contribution < 1.29 is 14.3 Å². The van der Waals surface area contributed by atoms with Gasteiger partial charge < -0.3 is 10.1 Å². The molecule has 4 heteroatoms. The third-order valence-electron chi connectivity index (χ3n) is 4.61. The maximum absolute atomic E-state index is 12.4. The van der Waals surface area contributed by atoms with Crippen LogP contribution in [0, 0.1) is 0 Å². The zero-order chi connectivity index (χ0) is 19.8. The molecule has 0 aliphatic heterocycles. The molecular formula is C24H25NO3. The molecule has 0 spiro atoms. The average molecular weight is 375 g/mol. The minimum absolute atomic E-state index is 0.00631. The lowest BCUT2D eigenvalue weighted by atomic mass is 10.1. The van der Waals surface area contributed by atoms with E-state index in [-0.39, 0.29) is 18.3 Å². The fourth-order valence-electron chi connectivity index (χ4n) is 3.05. The number of amides is 1. The summed E-state index contributed by atoms with van der Waals surface area (Å²) in [6.07, 6.45) is 3.56. The molecule has 0 aliphatic rings. The molecule has 1 N–H and O–H groups in total. The molecule has 0 aliphatic carbocycles. The summed E-state index contributed by atoms with van der Waals surface area (Å²) < 4.78 is 5.77. The van der Waals surface area contributed by atoms with Crippen LogP contribution in [-0.2, 0) is 4.79 Å². The van der Waals surface area contributed by atoms with Gasteiger partial charge in [-0.2, -0.15) is 0 Å². The van der Waals surface area contributed by atoms with Crippen LogP contribution in [0.4, 0.5) is 5.69 Å². The molecule has 3 aromatic rings. The Morgan fingerprint density at radius 2 is 1.64 bits per heavy atom. The monoisotopic (exact) mass is 375 g/mol. The zero-order valence-electron chi connectivity index (χ0n) is 16.1. The number of hydrogen-bond donors (Lipinski definition) is 1. The van der Waals surface area contributed by atoms with E-state index in [0.717, 1.165) is 30.0 Å². The van der Waals surface area contributed by atoms with E-state index in [1.165, 1.54) is 0 Å². The predicted octanol–water partition coefficient (Wildman–Crippen LogP) is 5.62. The minimum atomic E-state index is -0.103. The summed E-state index contributed by atoms with van der Waals surface area (Å²) in [5.74, 6) is 0.600. The third kappa shape index (κ3) is 5.19. The van der Waals surface area contributed by atoms with Crippen molar-refractivity contribution in [2.45, 2.75) is 32.6 Å². The summed E-state index contributed by atoms with van der Waals surface area (Å²) in [5, 5.41) is 4.92. The molecule has 3 rings (SSSR count). The van der Waals surface area contributed by atoms with Gasteiger partial charge >= 0.3 is 0 Å². The Bertz CT molecular complexity index is 942. The molecule has 0 saturated carbocycles. The van der Waals surface area contributed by atoms with Crippen molar-refractivity contribution in [2.75, 3.05) is 11.9 Å². The quantitative estimate of drug-likeness (QED) is 0.390. The fraction of sp³-hybridized carbons (Fsp3) is 0.250. The van der Waals surface area contributed by atoms with Crippen molar-refractivity contribution in [3.05, 3.63) is 72.3 Å². The van der Waals surface area contributed by atoms with Crippen LogP contribution in [0.3, 0.4) is 0 Å². The molecule has 1 amide bonds. The van der Waals surface area contributed by atoms with E-state index < -0.39 is 0 Å². The number of anilines is 1. The number of carbonyl (C=O) groups is 2. The Kier molecular flexibility index (Phi) is 6.79. The molecule has 4 nitrogen and oxygen atoms in total. The van der Waals surface area contributed by atoms with Crippen molar-refractivity contribution >= 4 is 28.2 Å². The molecule has 0 radical (unpaired) electrons. The van der Waals surface area contributed by atoms with Crippen LogP contribution in [0.5, 0.6) is 5.75 Å². The van der Waals surface area contributed by atoms with Crippen molar-refractivity contribution in [3.63, 3.8) is 0 Å². The number of unbranched alkanes of at least 4 members (excludes halogenated alkanes) is 2. The lowest BCUT2D eigenvalue weighted by Crippen LogP contribution is -2.13. The van der Waals surface area contributed by atoms with E-state index in [9.17, 15) is 9.59 Å². The van der Waals surface area contributed by atoms with Gasteiger partial charge in [-0.1, -0.05) is 56.2 Å². The maximum atomic E-state index is 12.4. The van der Waals surface area contributed by atoms with Crippen LogP contribution in [0.15, 0.2) is 66.7 Å². The SMILES string of the molecule is CCCCCC(=O)Nc1ccc(C(=O)COc2cccc3ccccc23)cc1. The zero-order valence-corrected chi connectivity index (χ0v) is 16.1. The largest absolute Gasteiger partial charge is 0.485 e. The number of ether oxygens (including phenoxy) is 1. The standard InChI is InChI=1S/C24H25NO3/c1-2-3-4-12-24(27)25-20-15-13-19(14-16-20)22(26)17-28-23-11-7-9-18-8-5-6-10-21(18)23/h5-11,13-16H,2-4,12,17H2,1H3,(H,25,27). The smallest absolute Gasteiger partial charge is 0.224 e. The molecule has 28 heavy (non-hydrogen) atoms.